The number of hydrogen-bond donors (Lipinski definition) is 0. The molecule has 3 heteroatoms. The highest BCUT2D eigenvalue weighted by Gasteiger charge is 2.08. The quantitative estimate of drug-likeness (QED) is 0.619. The first-order valence-electron chi connectivity index (χ1n) is 4.36. The van der Waals surface area contributed by atoms with Crippen LogP contribution in [0.5, 0.6) is 0 Å². The second-order valence-electron chi connectivity index (χ2n) is 3.13. The molecule has 0 bridgehead atoms. The summed E-state index contributed by atoms with van der Waals surface area (Å²) in [6.45, 7) is 2.05. The van der Waals surface area contributed by atoms with E-state index in [1.165, 1.54) is 0 Å². The Balaban J connectivity index is 2.74. The fourth-order valence-corrected chi connectivity index (χ4v) is 1.56. The molecule has 2 aromatic rings. The minimum Gasteiger partial charge on any atom is -0.317 e. The summed E-state index contributed by atoms with van der Waals surface area (Å²) in [7, 11) is 1.99. The topological polar surface area (TPSA) is 22.2 Å². The van der Waals surface area contributed by atoms with Crippen molar-refractivity contribution in [1.29, 1.82) is 0 Å². The summed E-state index contributed by atoms with van der Waals surface area (Å²) in [5, 5.41) is 0. The number of rotatable bonds is 1. The smallest absolute Gasteiger partial charge is 0.214 e. The number of aromatic nitrogens is 3. The molecule has 0 fully saturated rings. The monoisotopic (exact) mass is 185 g/mol. The van der Waals surface area contributed by atoms with Gasteiger partial charge in [-0.15, -0.1) is 6.42 Å². The first-order chi connectivity index (χ1) is 6.75. The number of allylic oxidation sites excluding steroid dienone is 1. The van der Waals surface area contributed by atoms with Gasteiger partial charge in [-0.3, -0.25) is 4.40 Å². The first kappa shape index (κ1) is 8.64. The minimum absolute atomic E-state index is 0.930. The fraction of sp³-hybridized carbons (Fsp3) is 0.182. The van der Waals surface area contributed by atoms with E-state index in [0.29, 0.717) is 0 Å². The Morgan fingerprint density at radius 1 is 1.57 bits per heavy atom. The van der Waals surface area contributed by atoms with E-state index in [9.17, 15) is 0 Å². The second-order valence-corrected chi connectivity index (χ2v) is 3.13. The third-order valence-corrected chi connectivity index (χ3v) is 2.39. The molecule has 0 aromatic carbocycles. The molecule has 0 aliphatic carbocycles. The van der Waals surface area contributed by atoms with Crippen LogP contribution < -0.4 is 0 Å². The number of nitrogens with zero attached hydrogens (tertiary/aromatic N) is 3. The zero-order valence-electron chi connectivity index (χ0n) is 8.23. The van der Waals surface area contributed by atoms with Crippen molar-refractivity contribution in [3.8, 4) is 12.3 Å². The van der Waals surface area contributed by atoms with Crippen molar-refractivity contribution in [3.63, 3.8) is 0 Å². The van der Waals surface area contributed by atoms with Gasteiger partial charge in [0.15, 0.2) is 0 Å². The molecule has 14 heavy (non-hydrogen) atoms. The Labute approximate surface area is 82.7 Å². The van der Waals surface area contributed by atoms with Gasteiger partial charge < -0.3 is 4.57 Å². The maximum absolute atomic E-state index is 5.18. The molecule has 0 radical (unpaired) electrons. The minimum atomic E-state index is 0.930. The molecule has 0 atom stereocenters. The third kappa shape index (κ3) is 1.05. The van der Waals surface area contributed by atoms with E-state index in [4.69, 9.17) is 6.42 Å². The van der Waals surface area contributed by atoms with Gasteiger partial charge in [0.25, 0.3) is 0 Å². The molecule has 70 valence electrons. The molecular formula is C11H11N3. The van der Waals surface area contributed by atoms with Gasteiger partial charge in [-0.25, -0.2) is 4.98 Å². The van der Waals surface area contributed by atoms with Crippen LogP contribution in [-0.2, 0) is 7.05 Å². The van der Waals surface area contributed by atoms with Crippen LogP contribution in [0.3, 0.4) is 0 Å². The van der Waals surface area contributed by atoms with Gasteiger partial charge in [0.2, 0.25) is 5.78 Å². The van der Waals surface area contributed by atoms with E-state index < -0.39 is 0 Å². The molecule has 0 amide bonds. The van der Waals surface area contributed by atoms with Crippen molar-refractivity contribution in [2.75, 3.05) is 0 Å². The van der Waals surface area contributed by atoms with E-state index >= 15 is 0 Å². The summed E-state index contributed by atoms with van der Waals surface area (Å²) >= 11 is 0. The summed E-state index contributed by atoms with van der Waals surface area (Å²) in [5.41, 5.74) is 2.23. The maximum atomic E-state index is 5.18. The molecule has 3 nitrogen and oxygen atoms in total. The lowest BCUT2D eigenvalue weighted by atomic mass is 10.3. The Bertz CT molecular complexity index is 535. The van der Waals surface area contributed by atoms with Crippen molar-refractivity contribution in [3.05, 3.63) is 29.9 Å². The van der Waals surface area contributed by atoms with Gasteiger partial charge in [0, 0.05) is 25.1 Å². The lowest BCUT2D eigenvalue weighted by Crippen LogP contribution is -1.91. The third-order valence-electron chi connectivity index (χ3n) is 2.39. The molecule has 0 saturated carbocycles. The summed E-state index contributed by atoms with van der Waals surface area (Å²) in [5.74, 6) is 3.42. The summed E-state index contributed by atoms with van der Waals surface area (Å²) in [4.78, 5) is 4.25. The molecule has 2 aromatic heterocycles. The van der Waals surface area contributed by atoms with Gasteiger partial charge in [-0.05, 0) is 19.1 Å². The normalized spacial score (nSPS) is 11.2. The van der Waals surface area contributed by atoms with E-state index in [0.717, 1.165) is 17.2 Å². The average Bonchev–Trinajstić information content (AvgIpc) is 2.72. The van der Waals surface area contributed by atoms with Crippen LogP contribution >= 0.6 is 0 Å². The van der Waals surface area contributed by atoms with E-state index in [1.54, 1.807) is 12.3 Å². The van der Waals surface area contributed by atoms with Gasteiger partial charge in [0.1, 0.15) is 0 Å². The average molecular weight is 185 g/mol. The predicted molar refractivity (Wildman–Crippen MR) is 56.8 cm³/mol. The molecule has 0 saturated heterocycles. The number of terminal acetylenes is 1. The molecule has 0 aliphatic heterocycles. The lowest BCUT2D eigenvalue weighted by Gasteiger charge is -1.94. The molecule has 0 N–H and O–H groups in total. The van der Waals surface area contributed by atoms with Crippen molar-refractivity contribution < 1.29 is 0 Å². The van der Waals surface area contributed by atoms with Crippen LogP contribution in [0.15, 0.2) is 18.5 Å². The SMILES string of the molecule is C#C/C=C\c1c(C)n(C)c2nccn12. The van der Waals surface area contributed by atoms with Crippen molar-refractivity contribution in [2.45, 2.75) is 6.92 Å². The molecule has 0 aliphatic rings. The largest absolute Gasteiger partial charge is 0.317 e. The molecule has 2 heterocycles. The Hall–Kier alpha value is -1.95. The van der Waals surface area contributed by atoms with Crippen LogP contribution in [0.4, 0.5) is 0 Å². The van der Waals surface area contributed by atoms with Crippen LogP contribution in [0.1, 0.15) is 11.4 Å². The maximum Gasteiger partial charge on any atom is 0.214 e. The summed E-state index contributed by atoms with van der Waals surface area (Å²) < 4.78 is 4.05. The predicted octanol–water partition coefficient (Wildman–Crippen LogP) is 1.63. The number of aryl methyl sites for hydroxylation is 1. The standard InChI is InChI=1S/C11H11N3/c1-4-5-6-10-9(2)13(3)11-12-7-8-14(10)11/h1,5-8H,2-3H3/b6-5-. The highest BCUT2D eigenvalue weighted by molar-refractivity contribution is 5.56. The second kappa shape index (κ2) is 3.08. The molecule has 2 rings (SSSR count). The Kier molecular flexibility index (Phi) is 1.90. The van der Waals surface area contributed by atoms with Crippen molar-refractivity contribution in [1.82, 2.24) is 14.0 Å². The number of fused-ring (bicyclic) bond motifs is 1. The van der Waals surface area contributed by atoms with Crippen molar-refractivity contribution in [2.24, 2.45) is 7.05 Å². The zero-order chi connectivity index (χ0) is 10.1. The molecular weight excluding hydrogens is 174 g/mol. The zero-order valence-corrected chi connectivity index (χ0v) is 8.23. The lowest BCUT2D eigenvalue weighted by molar-refractivity contribution is 0.896. The van der Waals surface area contributed by atoms with E-state index in [1.807, 2.05) is 35.2 Å². The molecule has 0 unspecified atom stereocenters. The van der Waals surface area contributed by atoms with E-state index in [2.05, 4.69) is 10.9 Å². The highest BCUT2D eigenvalue weighted by Crippen LogP contribution is 2.15. The molecule has 0 spiro atoms. The van der Waals surface area contributed by atoms with Gasteiger partial charge in [0.05, 0.1) is 5.69 Å². The Morgan fingerprint density at radius 2 is 2.36 bits per heavy atom. The van der Waals surface area contributed by atoms with E-state index in [-0.39, 0.29) is 0 Å². The van der Waals surface area contributed by atoms with Crippen molar-refractivity contribution >= 4 is 11.9 Å². The fourth-order valence-electron chi connectivity index (χ4n) is 1.56. The van der Waals surface area contributed by atoms with Crippen LogP contribution in [0.25, 0.3) is 11.9 Å². The van der Waals surface area contributed by atoms with Crippen LogP contribution in [0.2, 0.25) is 0 Å². The van der Waals surface area contributed by atoms with Crippen LogP contribution in [-0.4, -0.2) is 14.0 Å². The van der Waals surface area contributed by atoms with Gasteiger partial charge in [-0.2, -0.15) is 0 Å². The number of hydrogen-bond acceptors (Lipinski definition) is 1. The van der Waals surface area contributed by atoms with Gasteiger partial charge in [-0.1, -0.05) is 5.92 Å². The summed E-state index contributed by atoms with van der Waals surface area (Å²) in [6.07, 6.45) is 12.5. The number of imidazole rings is 2. The first-order valence-corrected chi connectivity index (χ1v) is 4.36. The Morgan fingerprint density at radius 3 is 3.07 bits per heavy atom. The van der Waals surface area contributed by atoms with Gasteiger partial charge >= 0.3 is 0 Å². The van der Waals surface area contributed by atoms with Crippen LogP contribution in [0, 0.1) is 19.3 Å². The summed E-state index contributed by atoms with van der Waals surface area (Å²) in [6, 6.07) is 0. The highest BCUT2D eigenvalue weighted by atomic mass is 15.2.